The summed E-state index contributed by atoms with van der Waals surface area (Å²) in [6.07, 6.45) is 1.59. The first kappa shape index (κ1) is 18.3. The predicted molar refractivity (Wildman–Crippen MR) is 102 cm³/mol. The molecule has 0 aliphatic carbocycles. The zero-order valence-electron chi connectivity index (χ0n) is 14.0. The molecular formula is C19H14ClN3O4. The van der Waals surface area contributed by atoms with E-state index in [4.69, 9.17) is 16.0 Å². The Morgan fingerprint density at radius 3 is 2.67 bits per heavy atom. The van der Waals surface area contributed by atoms with Gasteiger partial charge < -0.3 is 4.42 Å². The third-order valence-electron chi connectivity index (χ3n) is 3.64. The van der Waals surface area contributed by atoms with Crippen molar-refractivity contribution in [3.05, 3.63) is 87.1 Å². The molecule has 2 aromatic carbocycles. The van der Waals surface area contributed by atoms with E-state index in [0.29, 0.717) is 17.1 Å². The molecule has 7 nitrogen and oxygen atoms in total. The fourth-order valence-corrected chi connectivity index (χ4v) is 2.64. The summed E-state index contributed by atoms with van der Waals surface area (Å²) in [5, 5.41) is 14.8. The summed E-state index contributed by atoms with van der Waals surface area (Å²) in [7, 11) is 0. The highest BCUT2D eigenvalue weighted by atomic mass is 35.5. The second-order valence-electron chi connectivity index (χ2n) is 5.58. The molecule has 0 bridgehead atoms. The average molecular weight is 384 g/mol. The Balaban J connectivity index is 1.63. The molecule has 0 aliphatic heterocycles. The molecule has 0 radical (unpaired) electrons. The molecule has 0 saturated carbocycles. The number of non-ortho nitro benzene ring substituents is 1. The molecule has 1 N–H and O–H groups in total. The lowest BCUT2D eigenvalue weighted by molar-refractivity contribution is -0.384. The van der Waals surface area contributed by atoms with Gasteiger partial charge in [0, 0.05) is 17.7 Å². The van der Waals surface area contributed by atoms with Crippen molar-refractivity contribution >= 4 is 29.4 Å². The molecule has 8 heteroatoms. The van der Waals surface area contributed by atoms with Crippen LogP contribution >= 0.6 is 11.6 Å². The Labute approximate surface area is 159 Å². The number of nitro groups is 1. The zero-order valence-corrected chi connectivity index (χ0v) is 14.7. The number of carbonyl (C=O) groups excluding carboxylic acids is 1. The van der Waals surface area contributed by atoms with E-state index in [9.17, 15) is 14.9 Å². The van der Waals surface area contributed by atoms with Gasteiger partial charge in [-0.3, -0.25) is 14.9 Å². The second kappa shape index (κ2) is 8.29. The Morgan fingerprint density at radius 2 is 1.96 bits per heavy atom. The number of halogens is 1. The molecular weight excluding hydrogens is 370 g/mol. The SMILES string of the molecule is O=C(Cc1ccccc1)N/N=C\c1ccc(-c2ccc([N+](=O)[O-])cc2Cl)o1. The number of carbonyl (C=O) groups is 1. The monoisotopic (exact) mass is 383 g/mol. The number of nitrogens with zero attached hydrogens (tertiary/aromatic N) is 2. The van der Waals surface area contributed by atoms with Crippen LogP contribution in [0.3, 0.4) is 0 Å². The number of hydrogen-bond donors (Lipinski definition) is 1. The lowest BCUT2D eigenvalue weighted by atomic mass is 10.1. The van der Waals surface area contributed by atoms with E-state index in [1.807, 2.05) is 30.3 Å². The number of nitro benzene ring substituents is 1. The number of nitrogens with one attached hydrogen (secondary N) is 1. The number of furan rings is 1. The number of rotatable bonds is 6. The van der Waals surface area contributed by atoms with Crippen LogP contribution in [-0.4, -0.2) is 17.0 Å². The Hall–Kier alpha value is -3.45. The minimum absolute atomic E-state index is 0.0989. The van der Waals surface area contributed by atoms with Gasteiger partial charge in [0.2, 0.25) is 5.91 Å². The van der Waals surface area contributed by atoms with Crippen molar-refractivity contribution in [3.8, 4) is 11.3 Å². The fourth-order valence-electron chi connectivity index (χ4n) is 2.37. The molecule has 0 saturated heterocycles. The molecule has 0 atom stereocenters. The first-order chi connectivity index (χ1) is 13.0. The summed E-state index contributed by atoms with van der Waals surface area (Å²) in [4.78, 5) is 22.1. The number of hydrogen-bond acceptors (Lipinski definition) is 5. The molecule has 0 spiro atoms. The molecule has 0 fully saturated rings. The average Bonchev–Trinajstić information content (AvgIpc) is 3.11. The Kier molecular flexibility index (Phi) is 5.63. The van der Waals surface area contributed by atoms with Crippen molar-refractivity contribution in [2.24, 2.45) is 5.10 Å². The van der Waals surface area contributed by atoms with Crippen molar-refractivity contribution < 1.29 is 14.1 Å². The van der Waals surface area contributed by atoms with Gasteiger partial charge in [-0.25, -0.2) is 5.43 Å². The first-order valence-electron chi connectivity index (χ1n) is 7.93. The highest BCUT2D eigenvalue weighted by Gasteiger charge is 2.13. The van der Waals surface area contributed by atoms with Crippen molar-refractivity contribution in [2.75, 3.05) is 0 Å². The summed E-state index contributed by atoms with van der Waals surface area (Å²) in [6.45, 7) is 0. The topological polar surface area (TPSA) is 97.7 Å². The molecule has 27 heavy (non-hydrogen) atoms. The van der Waals surface area contributed by atoms with Crippen molar-refractivity contribution in [3.63, 3.8) is 0 Å². The van der Waals surface area contributed by atoms with Gasteiger partial charge in [0.1, 0.15) is 11.5 Å². The third kappa shape index (κ3) is 4.80. The van der Waals surface area contributed by atoms with Crippen LogP contribution in [0, 0.1) is 10.1 Å². The summed E-state index contributed by atoms with van der Waals surface area (Å²) in [6, 6.07) is 16.8. The van der Waals surface area contributed by atoms with Crippen molar-refractivity contribution in [2.45, 2.75) is 6.42 Å². The third-order valence-corrected chi connectivity index (χ3v) is 3.96. The van der Waals surface area contributed by atoms with Gasteiger partial charge in [-0.1, -0.05) is 41.9 Å². The standard InChI is InChI=1S/C19H14ClN3O4/c20-17-11-14(23(25)26)6-8-16(17)18-9-7-15(27-18)12-21-22-19(24)10-13-4-2-1-3-5-13/h1-9,11-12H,10H2,(H,22,24)/b21-12-. The van der Waals surface area contributed by atoms with Crippen LogP contribution in [-0.2, 0) is 11.2 Å². The van der Waals surface area contributed by atoms with E-state index in [-0.39, 0.29) is 23.0 Å². The van der Waals surface area contributed by atoms with Gasteiger partial charge in [0.05, 0.1) is 22.6 Å². The summed E-state index contributed by atoms with van der Waals surface area (Å²) < 4.78 is 5.60. The van der Waals surface area contributed by atoms with Crippen molar-refractivity contribution in [1.29, 1.82) is 0 Å². The molecule has 1 heterocycles. The van der Waals surface area contributed by atoms with Crippen LogP contribution in [0.2, 0.25) is 5.02 Å². The predicted octanol–water partition coefficient (Wildman–Crippen LogP) is 4.20. The van der Waals surface area contributed by atoms with Gasteiger partial charge in [-0.05, 0) is 23.8 Å². The van der Waals surface area contributed by atoms with Gasteiger partial charge in [0.25, 0.3) is 5.69 Å². The second-order valence-corrected chi connectivity index (χ2v) is 5.99. The maximum absolute atomic E-state index is 11.8. The highest BCUT2D eigenvalue weighted by Crippen LogP contribution is 2.31. The van der Waals surface area contributed by atoms with E-state index in [1.165, 1.54) is 24.4 Å². The summed E-state index contributed by atoms with van der Waals surface area (Å²) in [5.74, 6) is 0.592. The minimum atomic E-state index is -0.520. The van der Waals surface area contributed by atoms with Gasteiger partial charge in [-0.15, -0.1) is 0 Å². The summed E-state index contributed by atoms with van der Waals surface area (Å²) >= 11 is 6.09. The van der Waals surface area contributed by atoms with E-state index in [0.717, 1.165) is 5.56 Å². The van der Waals surface area contributed by atoms with E-state index in [1.54, 1.807) is 12.1 Å². The normalized spacial score (nSPS) is 10.9. The number of hydrazone groups is 1. The lowest BCUT2D eigenvalue weighted by Gasteiger charge is -2.00. The van der Waals surface area contributed by atoms with Gasteiger partial charge >= 0.3 is 0 Å². The molecule has 3 aromatic rings. The highest BCUT2D eigenvalue weighted by molar-refractivity contribution is 6.33. The maximum Gasteiger partial charge on any atom is 0.270 e. The molecule has 0 aliphatic rings. The molecule has 0 unspecified atom stereocenters. The van der Waals surface area contributed by atoms with E-state index in [2.05, 4.69) is 10.5 Å². The van der Waals surface area contributed by atoms with Crippen LogP contribution in [0.4, 0.5) is 5.69 Å². The minimum Gasteiger partial charge on any atom is -0.455 e. The Bertz CT molecular complexity index is 999. The number of benzene rings is 2. The Morgan fingerprint density at radius 1 is 1.19 bits per heavy atom. The van der Waals surface area contributed by atoms with Crippen LogP contribution in [0.25, 0.3) is 11.3 Å². The van der Waals surface area contributed by atoms with E-state index >= 15 is 0 Å². The zero-order chi connectivity index (χ0) is 19.2. The van der Waals surface area contributed by atoms with Gasteiger partial charge in [-0.2, -0.15) is 5.10 Å². The number of amides is 1. The smallest absolute Gasteiger partial charge is 0.270 e. The van der Waals surface area contributed by atoms with Gasteiger partial charge in [0.15, 0.2) is 0 Å². The quantitative estimate of drug-likeness (QED) is 0.391. The van der Waals surface area contributed by atoms with Crippen LogP contribution in [0.15, 0.2) is 70.2 Å². The molecule has 1 aromatic heterocycles. The first-order valence-corrected chi connectivity index (χ1v) is 8.31. The molecule has 1 amide bonds. The van der Waals surface area contributed by atoms with Crippen LogP contribution in [0.1, 0.15) is 11.3 Å². The fraction of sp³-hybridized carbons (Fsp3) is 0.0526. The van der Waals surface area contributed by atoms with E-state index < -0.39 is 4.92 Å². The summed E-state index contributed by atoms with van der Waals surface area (Å²) in [5.41, 5.74) is 3.74. The van der Waals surface area contributed by atoms with Crippen molar-refractivity contribution in [1.82, 2.24) is 5.43 Å². The molecule has 136 valence electrons. The largest absolute Gasteiger partial charge is 0.455 e. The lowest BCUT2D eigenvalue weighted by Crippen LogP contribution is -2.19. The molecule has 3 rings (SSSR count). The van der Waals surface area contributed by atoms with Crippen LogP contribution < -0.4 is 5.43 Å². The van der Waals surface area contributed by atoms with Crippen LogP contribution in [0.5, 0.6) is 0 Å². The maximum atomic E-state index is 11.8.